The normalized spacial score (nSPS) is 14.4. The average Bonchev–Trinajstić information content (AvgIpc) is 2.24. The van der Waals surface area contributed by atoms with Gasteiger partial charge < -0.3 is 25.0 Å². The minimum atomic E-state index is -4.20. The zero-order valence-electron chi connectivity index (χ0n) is 10.5. The van der Waals surface area contributed by atoms with E-state index < -0.39 is 25.8 Å². The van der Waals surface area contributed by atoms with Crippen molar-refractivity contribution in [2.24, 2.45) is 5.73 Å². The predicted octanol–water partition coefficient (Wildman–Crippen LogP) is 0.0174. The number of carbonyl (C=O) groups excluding carboxylic acids is 1. The molecule has 1 atom stereocenters. The molecule has 1 unspecified atom stereocenters. The number of esters is 1. The van der Waals surface area contributed by atoms with E-state index in [1.165, 1.54) is 13.2 Å². The van der Waals surface area contributed by atoms with E-state index in [1.54, 1.807) is 6.92 Å². The minimum Gasteiger partial charge on any atom is -0.465 e. The van der Waals surface area contributed by atoms with Gasteiger partial charge in [-0.2, -0.15) is 0 Å². The highest BCUT2D eigenvalue weighted by Crippen LogP contribution is 2.37. The summed E-state index contributed by atoms with van der Waals surface area (Å²) < 4.78 is 20.5. The maximum absolute atomic E-state index is 11.3. The second-order valence-electron chi connectivity index (χ2n) is 3.67. The van der Waals surface area contributed by atoms with Crippen molar-refractivity contribution in [1.29, 1.82) is 0 Å². The molecular weight excluding hydrogens is 261 g/mol. The Labute approximate surface area is 106 Å². The number of nitrogens with two attached hydrogens (primary N) is 1. The Balaban J connectivity index is 4.71. The molecule has 0 spiro atoms. The van der Waals surface area contributed by atoms with Gasteiger partial charge in [-0.1, -0.05) is 11.6 Å². The van der Waals surface area contributed by atoms with Gasteiger partial charge in [-0.15, -0.1) is 0 Å². The molecule has 0 bridgehead atoms. The zero-order chi connectivity index (χ0) is 14.2. The summed E-state index contributed by atoms with van der Waals surface area (Å²) in [6.07, 6.45) is 1.17. The van der Waals surface area contributed by atoms with Gasteiger partial charge in [0.15, 0.2) is 0 Å². The molecule has 18 heavy (non-hydrogen) atoms. The first-order valence-corrected chi connectivity index (χ1v) is 7.25. The molecule has 0 aromatic heterocycles. The third-order valence-corrected chi connectivity index (χ3v) is 2.83. The highest BCUT2D eigenvalue weighted by Gasteiger charge is 2.19. The molecule has 0 aliphatic rings. The lowest BCUT2D eigenvalue weighted by atomic mass is 10.1. The van der Waals surface area contributed by atoms with Crippen molar-refractivity contribution in [3.05, 3.63) is 11.6 Å². The van der Waals surface area contributed by atoms with Gasteiger partial charge in [-0.05, 0) is 13.3 Å². The molecule has 7 nitrogen and oxygen atoms in total. The molecule has 0 fully saturated rings. The van der Waals surface area contributed by atoms with Crippen LogP contribution in [0.2, 0.25) is 0 Å². The van der Waals surface area contributed by atoms with Gasteiger partial charge in [-0.3, -0.25) is 9.36 Å². The molecule has 106 valence electrons. The largest absolute Gasteiger partial charge is 0.465 e. The molecule has 0 saturated heterocycles. The fourth-order valence-electron chi connectivity index (χ4n) is 1.27. The lowest BCUT2D eigenvalue weighted by Crippen LogP contribution is -2.31. The van der Waals surface area contributed by atoms with Crippen LogP contribution in [0.3, 0.4) is 0 Å². The van der Waals surface area contributed by atoms with Gasteiger partial charge >= 0.3 is 13.6 Å². The summed E-state index contributed by atoms with van der Waals surface area (Å²) in [5, 5.41) is 0. The van der Waals surface area contributed by atoms with Crippen molar-refractivity contribution in [2.45, 2.75) is 19.4 Å². The van der Waals surface area contributed by atoms with E-state index in [2.05, 4.69) is 0 Å². The van der Waals surface area contributed by atoms with Gasteiger partial charge in [0, 0.05) is 13.7 Å². The Morgan fingerprint density at radius 3 is 2.56 bits per heavy atom. The molecule has 8 heteroatoms. The van der Waals surface area contributed by atoms with Gasteiger partial charge in [0.2, 0.25) is 0 Å². The zero-order valence-corrected chi connectivity index (χ0v) is 11.4. The second kappa shape index (κ2) is 8.39. The quantitative estimate of drug-likeness (QED) is 0.326. The summed E-state index contributed by atoms with van der Waals surface area (Å²) in [5.41, 5.74) is 5.93. The molecule has 0 saturated carbocycles. The molecule has 0 aliphatic carbocycles. The van der Waals surface area contributed by atoms with Crippen molar-refractivity contribution >= 4 is 13.6 Å². The lowest BCUT2D eigenvalue weighted by Gasteiger charge is -2.12. The number of methoxy groups -OCH3 is 1. The fourth-order valence-corrected chi connectivity index (χ4v) is 2.07. The van der Waals surface area contributed by atoms with Crippen LogP contribution in [0.25, 0.3) is 0 Å². The standard InChI is InChI=1S/C10H20NO6P/c1-3-17-10(12)9(11)6-8(4-5-16-2)7-18(13,14)15/h6,9H,3-5,7,11H2,1-2H3,(H2,13,14,15)/b8-6-. The van der Waals surface area contributed by atoms with E-state index in [1.807, 2.05) is 0 Å². The molecular formula is C10H20NO6P. The summed E-state index contributed by atoms with van der Waals surface area (Å²) in [7, 11) is -2.72. The van der Waals surface area contributed by atoms with Crippen LogP contribution in [0.5, 0.6) is 0 Å². The minimum absolute atomic E-state index is 0.201. The van der Waals surface area contributed by atoms with Crippen molar-refractivity contribution < 1.29 is 28.6 Å². The van der Waals surface area contributed by atoms with Gasteiger partial charge in [0.25, 0.3) is 0 Å². The van der Waals surface area contributed by atoms with Crippen LogP contribution >= 0.6 is 7.60 Å². The third kappa shape index (κ3) is 8.38. The van der Waals surface area contributed by atoms with Crippen LogP contribution in [-0.4, -0.2) is 48.3 Å². The molecule has 0 heterocycles. The van der Waals surface area contributed by atoms with Gasteiger partial charge in [0.1, 0.15) is 6.04 Å². The Morgan fingerprint density at radius 1 is 1.50 bits per heavy atom. The molecule has 0 aromatic carbocycles. The SMILES string of the molecule is CCOC(=O)C(N)/C=C(/CCOC)CP(=O)(O)O. The average molecular weight is 281 g/mol. The lowest BCUT2D eigenvalue weighted by molar-refractivity contribution is -0.143. The molecule has 0 amide bonds. The van der Waals surface area contributed by atoms with E-state index in [0.29, 0.717) is 18.6 Å². The van der Waals surface area contributed by atoms with Crippen molar-refractivity contribution in [2.75, 3.05) is 26.5 Å². The van der Waals surface area contributed by atoms with Gasteiger partial charge in [-0.25, -0.2) is 0 Å². The predicted molar refractivity (Wildman–Crippen MR) is 66.1 cm³/mol. The highest BCUT2D eigenvalue weighted by atomic mass is 31.2. The number of ether oxygens (including phenoxy) is 2. The molecule has 4 N–H and O–H groups in total. The third-order valence-electron chi connectivity index (χ3n) is 2.01. The Bertz CT molecular complexity index is 337. The highest BCUT2D eigenvalue weighted by molar-refractivity contribution is 7.52. The summed E-state index contributed by atoms with van der Waals surface area (Å²) >= 11 is 0. The number of hydrogen-bond donors (Lipinski definition) is 3. The van der Waals surface area contributed by atoms with Crippen molar-refractivity contribution in [3.8, 4) is 0 Å². The first-order chi connectivity index (χ1) is 8.30. The maximum Gasteiger partial charge on any atom is 0.329 e. The van der Waals surface area contributed by atoms with Crippen molar-refractivity contribution in [1.82, 2.24) is 0 Å². The topological polar surface area (TPSA) is 119 Å². The molecule has 0 radical (unpaired) electrons. The van der Waals surface area contributed by atoms with E-state index >= 15 is 0 Å². The van der Waals surface area contributed by atoms with Gasteiger partial charge in [0.05, 0.1) is 12.8 Å². The number of hydrogen-bond acceptors (Lipinski definition) is 5. The molecule has 0 aromatic rings. The van der Waals surface area contributed by atoms with E-state index in [0.717, 1.165) is 0 Å². The maximum atomic E-state index is 11.3. The van der Waals surface area contributed by atoms with E-state index in [-0.39, 0.29) is 6.61 Å². The number of carbonyl (C=O) groups is 1. The second-order valence-corrected chi connectivity index (χ2v) is 5.31. The van der Waals surface area contributed by atoms with E-state index in [9.17, 15) is 9.36 Å². The van der Waals surface area contributed by atoms with Crippen LogP contribution < -0.4 is 5.73 Å². The summed E-state index contributed by atoms with van der Waals surface area (Å²) in [6, 6.07) is -1.02. The van der Waals surface area contributed by atoms with Crippen molar-refractivity contribution in [3.63, 3.8) is 0 Å². The van der Waals surface area contributed by atoms with E-state index in [4.69, 9.17) is 25.0 Å². The Morgan fingerprint density at radius 2 is 2.11 bits per heavy atom. The Hall–Kier alpha value is -0.720. The summed E-state index contributed by atoms with van der Waals surface area (Å²) in [5.74, 6) is -0.627. The van der Waals surface area contributed by atoms with Crippen LogP contribution in [0.4, 0.5) is 0 Å². The van der Waals surface area contributed by atoms with Crippen LogP contribution in [0, 0.1) is 0 Å². The Kier molecular flexibility index (Phi) is 8.06. The molecule has 0 rings (SSSR count). The van der Waals surface area contributed by atoms with Crippen LogP contribution in [-0.2, 0) is 18.8 Å². The fraction of sp³-hybridized carbons (Fsp3) is 0.700. The summed E-state index contributed by atoms with van der Waals surface area (Å²) in [4.78, 5) is 29.1. The van der Waals surface area contributed by atoms with Crippen LogP contribution in [0.1, 0.15) is 13.3 Å². The van der Waals surface area contributed by atoms with Crippen LogP contribution in [0.15, 0.2) is 11.6 Å². The monoisotopic (exact) mass is 281 g/mol. The molecule has 0 aliphatic heterocycles. The first-order valence-electron chi connectivity index (χ1n) is 5.45. The summed E-state index contributed by atoms with van der Waals surface area (Å²) in [6.45, 7) is 2.14. The first kappa shape index (κ1) is 17.3. The smallest absolute Gasteiger partial charge is 0.329 e. The number of rotatable bonds is 8.